The van der Waals surface area contributed by atoms with Gasteiger partial charge in [0.05, 0.1) is 36.4 Å². The molecule has 0 bridgehead atoms. The molecule has 1 atom stereocenters. The van der Waals surface area contributed by atoms with E-state index in [0.717, 1.165) is 31.6 Å². The molecule has 1 fully saturated rings. The lowest BCUT2D eigenvalue weighted by molar-refractivity contribution is -0.132. The van der Waals surface area contributed by atoms with Gasteiger partial charge in [0.15, 0.2) is 0 Å². The van der Waals surface area contributed by atoms with Gasteiger partial charge in [0.2, 0.25) is 5.91 Å². The van der Waals surface area contributed by atoms with E-state index in [1.54, 1.807) is 17.2 Å². The fraction of sp³-hybridized carbons (Fsp3) is 0.333. The Bertz CT molecular complexity index is 826. The number of carbonyl (C=O) groups excluding carboxylic acids is 1. The van der Waals surface area contributed by atoms with E-state index < -0.39 is 0 Å². The predicted molar refractivity (Wildman–Crippen MR) is 92.1 cm³/mol. The quantitative estimate of drug-likeness (QED) is 0.729. The smallest absolute Gasteiger partial charge is 0.228 e. The summed E-state index contributed by atoms with van der Waals surface area (Å²) in [4.78, 5) is 20.2. The van der Waals surface area contributed by atoms with Crippen molar-refractivity contribution in [1.82, 2.24) is 29.4 Å². The summed E-state index contributed by atoms with van der Waals surface area (Å²) in [6.07, 6.45) is 9.60. The highest BCUT2D eigenvalue weighted by molar-refractivity contribution is 5.78. The Balaban J connectivity index is 1.41. The molecule has 1 aliphatic rings. The van der Waals surface area contributed by atoms with E-state index in [-0.39, 0.29) is 12.3 Å². The van der Waals surface area contributed by atoms with E-state index in [1.165, 1.54) is 0 Å². The molecule has 0 N–H and O–H groups in total. The van der Waals surface area contributed by atoms with Crippen LogP contribution in [0, 0.1) is 0 Å². The van der Waals surface area contributed by atoms with Gasteiger partial charge in [-0.3, -0.25) is 4.79 Å². The molecule has 2 aromatic heterocycles. The molecular weight excluding hydrogens is 316 g/mol. The van der Waals surface area contributed by atoms with Crippen molar-refractivity contribution in [1.29, 1.82) is 0 Å². The van der Waals surface area contributed by atoms with Crippen LogP contribution in [0.3, 0.4) is 0 Å². The van der Waals surface area contributed by atoms with Crippen molar-refractivity contribution in [2.24, 2.45) is 0 Å². The predicted octanol–water partition coefficient (Wildman–Crippen LogP) is 1.87. The third-order valence-electron chi connectivity index (χ3n) is 4.55. The van der Waals surface area contributed by atoms with E-state index in [2.05, 4.69) is 19.7 Å². The van der Waals surface area contributed by atoms with Crippen molar-refractivity contribution in [2.75, 3.05) is 13.1 Å². The lowest BCUT2D eigenvalue weighted by Crippen LogP contribution is -2.41. The number of piperidine rings is 1. The molecule has 7 heteroatoms. The van der Waals surface area contributed by atoms with Gasteiger partial charge in [-0.25, -0.2) is 4.98 Å². The number of benzene rings is 1. The second-order valence-electron chi connectivity index (χ2n) is 6.28. The molecule has 0 aliphatic carbocycles. The average Bonchev–Trinajstić information content (AvgIpc) is 3.35. The summed E-state index contributed by atoms with van der Waals surface area (Å²) < 4.78 is 2.09. The van der Waals surface area contributed by atoms with Crippen molar-refractivity contribution in [3.8, 4) is 5.69 Å². The number of nitrogens with zero attached hydrogens (tertiary/aromatic N) is 6. The van der Waals surface area contributed by atoms with E-state index >= 15 is 0 Å². The zero-order chi connectivity index (χ0) is 17.1. The van der Waals surface area contributed by atoms with E-state index in [4.69, 9.17) is 0 Å². The zero-order valence-corrected chi connectivity index (χ0v) is 13.9. The van der Waals surface area contributed by atoms with Crippen LogP contribution in [-0.4, -0.2) is 48.4 Å². The summed E-state index contributed by atoms with van der Waals surface area (Å²) >= 11 is 0. The third-order valence-corrected chi connectivity index (χ3v) is 4.55. The minimum atomic E-state index is 0.102. The van der Waals surface area contributed by atoms with Crippen molar-refractivity contribution < 1.29 is 4.79 Å². The lowest BCUT2D eigenvalue weighted by atomic mass is 10.1. The van der Waals surface area contributed by atoms with Crippen molar-refractivity contribution in [3.63, 3.8) is 0 Å². The largest absolute Gasteiger partial charge is 0.340 e. The molecule has 3 aromatic rings. The fourth-order valence-electron chi connectivity index (χ4n) is 3.24. The number of rotatable bonds is 4. The number of likely N-dealkylation sites (tertiary alicyclic amines) is 1. The maximum absolute atomic E-state index is 12.7. The van der Waals surface area contributed by atoms with Gasteiger partial charge in [0.1, 0.15) is 0 Å². The van der Waals surface area contributed by atoms with Gasteiger partial charge >= 0.3 is 0 Å². The number of hydrogen-bond donors (Lipinski definition) is 0. The highest BCUT2D eigenvalue weighted by atomic mass is 16.2. The summed E-state index contributed by atoms with van der Waals surface area (Å²) in [5.41, 5.74) is 1.58. The number of hydrogen-bond acceptors (Lipinski definition) is 4. The van der Waals surface area contributed by atoms with Gasteiger partial charge in [0.25, 0.3) is 0 Å². The Hall–Kier alpha value is -2.96. The first-order valence-electron chi connectivity index (χ1n) is 8.51. The van der Waals surface area contributed by atoms with Crippen molar-refractivity contribution in [3.05, 3.63) is 60.9 Å². The number of imidazole rings is 1. The van der Waals surface area contributed by atoms with E-state index in [9.17, 15) is 4.79 Å². The maximum atomic E-state index is 12.7. The molecule has 0 saturated carbocycles. The number of aromatic nitrogens is 5. The van der Waals surface area contributed by atoms with Crippen LogP contribution in [0.2, 0.25) is 0 Å². The standard InChI is InChI=1S/C18H20N6O/c25-18(22-9-4-7-17(13-22)23-10-8-19-14-23)11-15-12-20-24(21-15)16-5-2-1-3-6-16/h1-3,5-6,8,10,12,14,17H,4,7,9,11,13H2/t17-/m0/s1. The van der Waals surface area contributed by atoms with Crippen LogP contribution in [0.5, 0.6) is 0 Å². The number of para-hydroxylation sites is 1. The Labute approximate surface area is 145 Å². The minimum Gasteiger partial charge on any atom is -0.340 e. The van der Waals surface area contributed by atoms with Crippen LogP contribution < -0.4 is 0 Å². The van der Waals surface area contributed by atoms with Gasteiger partial charge in [0, 0.05) is 25.5 Å². The van der Waals surface area contributed by atoms with Crippen LogP contribution in [0.4, 0.5) is 0 Å². The molecule has 4 rings (SSSR count). The first-order valence-corrected chi connectivity index (χ1v) is 8.51. The first kappa shape index (κ1) is 15.6. The second-order valence-corrected chi connectivity index (χ2v) is 6.28. The normalized spacial score (nSPS) is 17.6. The molecule has 0 unspecified atom stereocenters. The Morgan fingerprint density at radius 3 is 2.92 bits per heavy atom. The molecule has 1 amide bonds. The summed E-state index contributed by atoms with van der Waals surface area (Å²) in [5.74, 6) is 0.102. The molecular formula is C18H20N6O. The molecule has 1 aliphatic heterocycles. The molecule has 7 nitrogen and oxygen atoms in total. The van der Waals surface area contributed by atoms with E-state index in [1.807, 2.05) is 47.8 Å². The summed E-state index contributed by atoms with van der Waals surface area (Å²) in [7, 11) is 0. The topological polar surface area (TPSA) is 68.8 Å². The van der Waals surface area contributed by atoms with Gasteiger partial charge in [-0.15, -0.1) is 0 Å². The number of carbonyl (C=O) groups is 1. The first-order chi connectivity index (χ1) is 12.3. The zero-order valence-electron chi connectivity index (χ0n) is 13.9. The van der Waals surface area contributed by atoms with Crippen LogP contribution in [0.15, 0.2) is 55.2 Å². The SMILES string of the molecule is O=C(Cc1cnn(-c2ccccc2)n1)N1CCC[C@H](n2ccnc2)C1. The monoisotopic (exact) mass is 336 g/mol. The second kappa shape index (κ2) is 6.88. The lowest BCUT2D eigenvalue weighted by Gasteiger charge is -2.33. The Morgan fingerprint density at radius 1 is 1.24 bits per heavy atom. The molecule has 0 spiro atoms. The summed E-state index contributed by atoms with van der Waals surface area (Å²) in [6.45, 7) is 1.53. The van der Waals surface area contributed by atoms with Crippen LogP contribution >= 0.6 is 0 Å². The van der Waals surface area contributed by atoms with Gasteiger partial charge in [-0.05, 0) is 25.0 Å². The molecule has 1 aromatic carbocycles. The van der Waals surface area contributed by atoms with Gasteiger partial charge < -0.3 is 9.47 Å². The van der Waals surface area contributed by atoms with Gasteiger partial charge in [-0.2, -0.15) is 15.0 Å². The van der Waals surface area contributed by atoms with Crippen molar-refractivity contribution in [2.45, 2.75) is 25.3 Å². The highest BCUT2D eigenvalue weighted by Crippen LogP contribution is 2.21. The third kappa shape index (κ3) is 3.45. The van der Waals surface area contributed by atoms with Crippen molar-refractivity contribution >= 4 is 5.91 Å². The fourth-order valence-corrected chi connectivity index (χ4v) is 3.24. The van der Waals surface area contributed by atoms with Crippen LogP contribution in [-0.2, 0) is 11.2 Å². The Kier molecular flexibility index (Phi) is 4.28. The molecule has 25 heavy (non-hydrogen) atoms. The maximum Gasteiger partial charge on any atom is 0.228 e. The number of amides is 1. The van der Waals surface area contributed by atoms with Crippen LogP contribution in [0.1, 0.15) is 24.6 Å². The molecule has 128 valence electrons. The molecule has 1 saturated heterocycles. The molecule has 3 heterocycles. The Morgan fingerprint density at radius 2 is 2.12 bits per heavy atom. The summed E-state index contributed by atoms with van der Waals surface area (Å²) in [5, 5.41) is 8.69. The molecule has 0 radical (unpaired) electrons. The van der Waals surface area contributed by atoms with Gasteiger partial charge in [-0.1, -0.05) is 18.2 Å². The van der Waals surface area contributed by atoms with E-state index in [0.29, 0.717) is 11.7 Å². The van der Waals surface area contributed by atoms with Crippen LogP contribution in [0.25, 0.3) is 5.69 Å². The average molecular weight is 336 g/mol. The minimum absolute atomic E-state index is 0.102. The highest BCUT2D eigenvalue weighted by Gasteiger charge is 2.25. The summed E-state index contributed by atoms with van der Waals surface area (Å²) in [6, 6.07) is 10.0.